The minimum Gasteiger partial charge on any atom is -0.502 e. The zero-order chi connectivity index (χ0) is 10.9. The van der Waals surface area contributed by atoms with Crippen LogP contribution in [0.15, 0.2) is 12.3 Å². The predicted octanol–water partition coefficient (Wildman–Crippen LogP) is 1.80. The molecule has 14 heavy (non-hydrogen) atoms. The van der Waals surface area contributed by atoms with Crippen molar-refractivity contribution >= 4 is 8.80 Å². The SMILES string of the molecule is CC=COCCC[Si](OC)(OC)OC. The normalized spacial score (nSPS) is 12.3. The van der Waals surface area contributed by atoms with Gasteiger partial charge in [-0.25, -0.2) is 0 Å². The van der Waals surface area contributed by atoms with Gasteiger partial charge in [-0.2, -0.15) is 0 Å². The van der Waals surface area contributed by atoms with Crippen LogP contribution in [0.1, 0.15) is 13.3 Å². The molecule has 0 bridgehead atoms. The van der Waals surface area contributed by atoms with E-state index in [9.17, 15) is 0 Å². The van der Waals surface area contributed by atoms with Crippen molar-refractivity contribution in [3.05, 3.63) is 12.3 Å². The largest absolute Gasteiger partial charge is 0.502 e. The van der Waals surface area contributed by atoms with Gasteiger partial charge in [0.2, 0.25) is 0 Å². The van der Waals surface area contributed by atoms with Gasteiger partial charge in [0.25, 0.3) is 0 Å². The lowest BCUT2D eigenvalue weighted by atomic mass is 10.5. The van der Waals surface area contributed by atoms with E-state index in [0.29, 0.717) is 6.61 Å². The van der Waals surface area contributed by atoms with Crippen LogP contribution < -0.4 is 0 Å². The van der Waals surface area contributed by atoms with Crippen LogP contribution in [0.4, 0.5) is 0 Å². The zero-order valence-electron chi connectivity index (χ0n) is 9.41. The molecular weight excluding hydrogens is 200 g/mol. The molecular formula is C9H20O4Si. The van der Waals surface area contributed by atoms with Crippen molar-refractivity contribution in [1.29, 1.82) is 0 Å². The second kappa shape index (κ2) is 7.99. The van der Waals surface area contributed by atoms with Crippen molar-refractivity contribution in [1.82, 2.24) is 0 Å². The van der Waals surface area contributed by atoms with Crippen LogP contribution in [0.2, 0.25) is 6.04 Å². The molecule has 0 heterocycles. The summed E-state index contributed by atoms with van der Waals surface area (Å²) < 4.78 is 21.0. The maximum absolute atomic E-state index is 5.26. The minimum absolute atomic E-state index is 0.662. The Kier molecular flexibility index (Phi) is 7.78. The van der Waals surface area contributed by atoms with Gasteiger partial charge < -0.3 is 18.0 Å². The first-order valence-electron chi connectivity index (χ1n) is 4.63. The monoisotopic (exact) mass is 220 g/mol. The second-order valence-corrected chi connectivity index (χ2v) is 5.83. The summed E-state index contributed by atoms with van der Waals surface area (Å²) >= 11 is 0. The smallest absolute Gasteiger partial charge is 0.500 e. The molecule has 0 saturated carbocycles. The number of hydrogen-bond acceptors (Lipinski definition) is 4. The van der Waals surface area contributed by atoms with Crippen molar-refractivity contribution in [2.45, 2.75) is 19.4 Å². The second-order valence-electron chi connectivity index (χ2n) is 2.74. The Labute approximate surface area is 87.2 Å². The van der Waals surface area contributed by atoms with Gasteiger partial charge in [-0.05, 0) is 13.3 Å². The van der Waals surface area contributed by atoms with E-state index >= 15 is 0 Å². The van der Waals surface area contributed by atoms with E-state index in [1.807, 2.05) is 13.0 Å². The molecule has 0 rings (SSSR count). The van der Waals surface area contributed by atoms with E-state index in [0.717, 1.165) is 12.5 Å². The topological polar surface area (TPSA) is 36.9 Å². The third-order valence-electron chi connectivity index (χ3n) is 1.91. The van der Waals surface area contributed by atoms with E-state index in [1.54, 1.807) is 27.6 Å². The molecule has 0 unspecified atom stereocenters. The fourth-order valence-corrected chi connectivity index (χ4v) is 2.78. The molecule has 84 valence electrons. The highest BCUT2D eigenvalue weighted by Crippen LogP contribution is 2.14. The third-order valence-corrected chi connectivity index (χ3v) is 4.74. The van der Waals surface area contributed by atoms with Crippen LogP contribution in [0.3, 0.4) is 0 Å². The molecule has 4 nitrogen and oxygen atoms in total. The zero-order valence-corrected chi connectivity index (χ0v) is 10.4. The summed E-state index contributed by atoms with van der Waals surface area (Å²) in [7, 11) is 2.47. The Balaban J connectivity index is 3.71. The molecule has 0 amide bonds. The molecule has 0 aliphatic heterocycles. The summed E-state index contributed by atoms with van der Waals surface area (Å²) in [4.78, 5) is 0. The lowest BCUT2D eigenvalue weighted by Crippen LogP contribution is -2.42. The fraction of sp³-hybridized carbons (Fsp3) is 0.778. The Morgan fingerprint density at radius 3 is 2.07 bits per heavy atom. The summed E-state index contributed by atoms with van der Waals surface area (Å²) in [5.41, 5.74) is 0. The van der Waals surface area contributed by atoms with Gasteiger partial charge in [-0.1, -0.05) is 6.08 Å². The quantitative estimate of drug-likeness (QED) is 0.355. The summed E-state index contributed by atoms with van der Waals surface area (Å²) in [6.45, 7) is 2.58. The van der Waals surface area contributed by atoms with Crippen molar-refractivity contribution in [3.63, 3.8) is 0 Å². The molecule has 0 spiro atoms. The molecule has 0 saturated heterocycles. The molecule has 0 atom stereocenters. The average molecular weight is 220 g/mol. The molecule has 0 aliphatic rings. The number of ether oxygens (including phenoxy) is 1. The Morgan fingerprint density at radius 2 is 1.64 bits per heavy atom. The Morgan fingerprint density at radius 1 is 1.07 bits per heavy atom. The summed E-state index contributed by atoms with van der Waals surface area (Å²) in [5, 5.41) is 0. The minimum atomic E-state index is -2.38. The van der Waals surface area contributed by atoms with Gasteiger partial charge in [0.1, 0.15) is 0 Å². The lowest BCUT2D eigenvalue weighted by molar-refractivity contribution is 0.119. The van der Waals surface area contributed by atoms with Crippen LogP contribution in [-0.2, 0) is 18.0 Å². The van der Waals surface area contributed by atoms with E-state index in [-0.39, 0.29) is 0 Å². The maximum atomic E-state index is 5.26. The first-order valence-corrected chi connectivity index (χ1v) is 6.56. The van der Waals surface area contributed by atoms with Crippen LogP contribution >= 0.6 is 0 Å². The van der Waals surface area contributed by atoms with Crippen LogP contribution in [0.5, 0.6) is 0 Å². The van der Waals surface area contributed by atoms with Crippen molar-refractivity contribution < 1.29 is 18.0 Å². The van der Waals surface area contributed by atoms with Crippen molar-refractivity contribution in [3.8, 4) is 0 Å². The number of hydrogen-bond donors (Lipinski definition) is 0. The molecule has 5 heteroatoms. The molecule has 0 N–H and O–H groups in total. The highest BCUT2D eigenvalue weighted by atomic mass is 28.4. The van der Waals surface area contributed by atoms with Gasteiger partial charge in [0.05, 0.1) is 12.9 Å². The molecule has 0 aromatic rings. The Bertz CT molecular complexity index is 149. The first-order chi connectivity index (χ1) is 6.74. The Hall–Kier alpha value is -0.363. The van der Waals surface area contributed by atoms with E-state index < -0.39 is 8.80 Å². The number of rotatable bonds is 8. The third kappa shape index (κ3) is 4.76. The standard InChI is InChI=1S/C9H20O4Si/c1-5-7-13-8-6-9-14(10-2,11-3)12-4/h5,7H,6,8-9H2,1-4H3. The summed E-state index contributed by atoms with van der Waals surface area (Å²) in [6, 6.07) is 0.772. The molecule has 0 radical (unpaired) electrons. The van der Waals surface area contributed by atoms with Crippen LogP contribution in [-0.4, -0.2) is 36.7 Å². The van der Waals surface area contributed by atoms with Crippen molar-refractivity contribution in [2.24, 2.45) is 0 Å². The average Bonchev–Trinajstić information content (AvgIpc) is 2.24. The van der Waals surface area contributed by atoms with Gasteiger partial charge >= 0.3 is 8.80 Å². The summed E-state index contributed by atoms with van der Waals surface area (Å²) in [5.74, 6) is 0. The highest BCUT2D eigenvalue weighted by Gasteiger charge is 2.36. The molecule has 0 aliphatic carbocycles. The van der Waals surface area contributed by atoms with Gasteiger partial charge in [0.15, 0.2) is 0 Å². The van der Waals surface area contributed by atoms with Gasteiger partial charge in [0, 0.05) is 27.4 Å². The first kappa shape index (κ1) is 13.6. The lowest BCUT2D eigenvalue weighted by Gasteiger charge is -2.23. The molecule has 0 fully saturated rings. The van der Waals surface area contributed by atoms with Crippen LogP contribution in [0, 0.1) is 0 Å². The fourth-order valence-electron chi connectivity index (χ4n) is 1.09. The van der Waals surface area contributed by atoms with Crippen molar-refractivity contribution in [2.75, 3.05) is 27.9 Å². The predicted molar refractivity (Wildman–Crippen MR) is 57.0 cm³/mol. The highest BCUT2D eigenvalue weighted by molar-refractivity contribution is 6.60. The van der Waals surface area contributed by atoms with Gasteiger partial charge in [-0.3, -0.25) is 0 Å². The van der Waals surface area contributed by atoms with E-state index in [1.165, 1.54) is 0 Å². The van der Waals surface area contributed by atoms with Gasteiger partial charge in [-0.15, -0.1) is 0 Å². The van der Waals surface area contributed by atoms with E-state index in [4.69, 9.17) is 18.0 Å². The molecule has 0 aromatic carbocycles. The van der Waals surface area contributed by atoms with E-state index in [2.05, 4.69) is 0 Å². The maximum Gasteiger partial charge on any atom is 0.500 e. The van der Waals surface area contributed by atoms with Crippen LogP contribution in [0.25, 0.3) is 0 Å². The summed E-state index contributed by atoms with van der Waals surface area (Å²) in [6.07, 6.45) is 4.40. The number of allylic oxidation sites excluding steroid dienone is 1. The molecule has 0 aromatic heterocycles.